The van der Waals surface area contributed by atoms with Gasteiger partial charge < -0.3 is 4.74 Å². The Morgan fingerprint density at radius 2 is 1.59 bits per heavy atom. The van der Waals surface area contributed by atoms with Crippen molar-refractivity contribution < 1.29 is 9.53 Å². The fraction of sp³-hybridized carbons (Fsp3) is 0.667. The molecule has 0 bridgehead atoms. The van der Waals surface area contributed by atoms with Crippen LogP contribution in [0.3, 0.4) is 0 Å². The van der Waals surface area contributed by atoms with Crippen LogP contribution >= 0.6 is 25.8 Å². The molecule has 1 rings (SSSR count). The third-order valence-corrected chi connectivity index (χ3v) is 21.6. The summed E-state index contributed by atoms with van der Waals surface area (Å²) in [4.78, 5) is 14.8. The zero-order valence-electron chi connectivity index (χ0n) is 14.9. The highest BCUT2D eigenvalue weighted by atomic mass is 35.7. The van der Waals surface area contributed by atoms with Gasteiger partial charge in [0.1, 0.15) is 0 Å². The molecule has 2 unspecified atom stereocenters. The monoisotopic (exact) mass is 394 g/mol. The second kappa shape index (κ2) is 8.07. The largest absolute Gasteiger partial charge is 0.466 e. The second-order valence-electron chi connectivity index (χ2n) is 7.54. The van der Waals surface area contributed by atoms with E-state index < -0.39 is 30.7 Å². The van der Waals surface area contributed by atoms with Crippen molar-refractivity contribution >= 4 is 47.9 Å². The van der Waals surface area contributed by atoms with Crippen LogP contribution in [0.2, 0.25) is 39.3 Å². The number of hydrogen-bond donors (Lipinski definition) is 0. The maximum atomic E-state index is 11.8. The van der Waals surface area contributed by atoms with E-state index >= 15 is 0 Å². The first-order chi connectivity index (χ1) is 9.98. The molecule has 0 aromatic rings. The number of carbonyl (C=O) groups is 1. The maximum absolute atomic E-state index is 11.8. The molecule has 1 aliphatic heterocycles. The fourth-order valence-corrected chi connectivity index (χ4v) is 25.2. The molecule has 22 heavy (non-hydrogen) atoms. The van der Waals surface area contributed by atoms with Crippen molar-refractivity contribution in [3.63, 3.8) is 0 Å². The number of allylic oxidation sites excluding steroid dienone is 2. The average Bonchev–Trinajstić information content (AvgIpc) is 2.34. The number of rotatable bonds is 6. The quantitative estimate of drug-likeness (QED) is 0.291. The molecule has 7 heteroatoms. The predicted octanol–water partition coefficient (Wildman–Crippen LogP) is 6.51. The Labute approximate surface area is 144 Å². The van der Waals surface area contributed by atoms with Crippen molar-refractivity contribution in [2.75, 3.05) is 12.8 Å². The molecule has 0 aromatic heterocycles. The van der Waals surface area contributed by atoms with E-state index in [-0.39, 0.29) is 5.97 Å². The summed E-state index contributed by atoms with van der Waals surface area (Å²) in [5.74, 6) is -0.0795. The summed E-state index contributed by atoms with van der Waals surface area (Å²) in [5.41, 5.74) is 0. The molecule has 1 aliphatic rings. The molecule has 0 spiro atoms. The highest BCUT2D eigenvalue weighted by Crippen LogP contribution is 2.83. The zero-order valence-corrected chi connectivity index (χ0v) is 19.4. The van der Waals surface area contributed by atoms with Gasteiger partial charge in [-0.3, -0.25) is 4.79 Å². The average molecular weight is 395 g/mol. The number of hydrogen-bond acceptors (Lipinski definition) is 2. The Bertz CT molecular complexity index is 479. The lowest BCUT2D eigenvalue weighted by molar-refractivity contribution is -0.142. The smallest absolute Gasteiger partial charge is 0.306 e. The highest BCUT2D eigenvalue weighted by molar-refractivity contribution is 8.44. The molecule has 2 atom stereocenters. The first-order valence-corrected chi connectivity index (χ1v) is 19.3. The molecule has 0 saturated heterocycles. The summed E-state index contributed by atoms with van der Waals surface area (Å²) in [5, 5.41) is 0. The van der Waals surface area contributed by atoms with Gasteiger partial charge in [-0.15, -0.1) is 0 Å². The third kappa shape index (κ3) is 5.56. The van der Waals surface area contributed by atoms with Gasteiger partial charge in [-0.05, 0) is 25.6 Å². The summed E-state index contributed by atoms with van der Waals surface area (Å²) in [6.07, 6.45) is 6.08. The van der Waals surface area contributed by atoms with Gasteiger partial charge in [0, 0.05) is 6.96 Å². The van der Waals surface area contributed by atoms with E-state index in [4.69, 9.17) is 16.0 Å². The Kier molecular flexibility index (Phi) is 7.55. The van der Waals surface area contributed by atoms with Crippen LogP contribution in [0.5, 0.6) is 0 Å². The lowest BCUT2D eigenvalue weighted by Gasteiger charge is -2.39. The summed E-state index contributed by atoms with van der Waals surface area (Å²) in [6, 6.07) is 0. The Morgan fingerprint density at radius 1 is 1.09 bits per heavy atom. The van der Waals surface area contributed by atoms with E-state index in [0.29, 0.717) is 13.0 Å². The van der Waals surface area contributed by atoms with Gasteiger partial charge in [0.05, 0.1) is 29.2 Å². The van der Waals surface area contributed by atoms with Crippen LogP contribution in [0.4, 0.5) is 0 Å². The van der Waals surface area contributed by atoms with Gasteiger partial charge in [-0.1, -0.05) is 67.6 Å². The molecule has 0 N–H and O–H groups in total. The van der Waals surface area contributed by atoms with Crippen LogP contribution in [-0.4, -0.2) is 34.9 Å². The number of carbonyl (C=O) groups excluding carboxylic acids is 1. The van der Waals surface area contributed by atoms with Crippen molar-refractivity contribution in [1.82, 2.24) is 0 Å². The van der Waals surface area contributed by atoms with Gasteiger partial charge in [-0.25, -0.2) is 0 Å². The number of halogens is 1. The molecule has 0 aliphatic carbocycles. The lowest BCUT2D eigenvalue weighted by atomic mass is 10.5. The molecule has 2 nitrogen and oxygen atoms in total. The summed E-state index contributed by atoms with van der Waals surface area (Å²) >= 11 is 6.98. The Balaban J connectivity index is 3.03. The second-order valence-corrected chi connectivity index (χ2v) is 25.6. The van der Waals surface area contributed by atoms with Crippen molar-refractivity contribution in [3.8, 4) is 0 Å². The highest BCUT2D eigenvalue weighted by Gasteiger charge is 2.38. The van der Waals surface area contributed by atoms with Gasteiger partial charge >= 0.3 is 5.97 Å². The molecule has 126 valence electrons. The normalized spacial score (nSPS) is 22.9. The van der Waals surface area contributed by atoms with E-state index in [0.717, 1.165) is 6.16 Å². The van der Waals surface area contributed by atoms with E-state index in [1.807, 2.05) is 6.92 Å². The fourth-order valence-electron chi connectivity index (χ4n) is 2.33. The molecular weight excluding hydrogens is 366 g/mol. The van der Waals surface area contributed by atoms with Crippen molar-refractivity contribution in [2.45, 2.75) is 52.6 Å². The van der Waals surface area contributed by atoms with Crippen LogP contribution < -0.4 is 0 Å². The molecular formula is C15H29ClO2P2Si2. The zero-order chi connectivity index (χ0) is 17.1. The van der Waals surface area contributed by atoms with Crippen LogP contribution in [0, 0.1) is 0 Å². The predicted molar refractivity (Wildman–Crippen MR) is 109 cm³/mol. The number of ether oxygens (including phenoxy) is 1. The van der Waals surface area contributed by atoms with Gasteiger partial charge in [0.25, 0.3) is 0 Å². The summed E-state index contributed by atoms with van der Waals surface area (Å²) < 4.78 is 5.10. The van der Waals surface area contributed by atoms with Crippen LogP contribution in [0.15, 0.2) is 22.0 Å². The van der Waals surface area contributed by atoms with Gasteiger partial charge in [0.15, 0.2) is 0 Å². The molecule has 0 fully saturated rings. The van der Waals surface area contributed by atoms with Crippen LogP contribution in [-0.2, 0) is 9.53 Å². The summed E-state index contributed by atoms with van der Waals surface area (Å²) in [7, 11) is -3.21. The topological polar surface area (TPSA) is 26.3 Å². The molecule has 0 saturated carbocycles. The third-order valence-electron chi connectivity index (χ3n) is 3.46. The molecule has 1 heterocycles. The molecule has 0 aromatic carbocycles. The SMILES string of the molecule is CCOC(=O)CCP1C([Si](C)(C)C)=CC=C([Si](C)(C)C)P1Cl. The Hall–Kier alpha value is 0.534. The van der Waals surface area contributed by atoms with Gasteiger partial charge in [-0.2, -0.15) is 0 Å². The summed E-state index contributed by atoms with van der Waals surface area (Å²) in [6.45, 7) is 15.9. The standard InChI is InChI=1S/C15H29ClO2P2Si2/c1-8-18-13(17)11-12-19-14(21(2,3)4)9-10-15(20(19)16)22(5,6)7/h9-10H,8,11-12H2,1-7H3. The number of esters is 1. The van der Waals surface area contributed by atoms with E-state index in [9.17, 15) is 4.79 Å². The Morgan fingerprint density at radius 3 is 2.05 bits per heavy atom. The minimum Gasteiger partial charge on any atom is -0.466 e. The van der Waals surface area contributed by atoms with Crippen LogP contribution in [0.1, 0.15) is 13.3 Å². The van der Waals surface area contributed by atoms with Crippen molar-refractivity contribution in [3.05, 3.63) is 22.0 Å². The van der Waals surface area contributed by atoms with E-state index in [2.05, 4.69) is 51.4 Å². The van der Waals surface area contributed by atoms with Gasteiger partial charge in [0.2, 0.25) is 0 Å². The van der Waals surface area contributed by atoms with E-state index in [1.54, 1.807) is 4.94 Å². The lowest BCUT2D eigenvalue weighted by Crippen LogP contribution is -2.27. The first kappa shape index (κ1) is 20.6. The van der Waals surface area contributed by atoms with Crippen LogP contribution in [0.25, 0.3) is 0 Å². The minimum absolute atomic E-state index is 0.0795. The minimum atomic E-state index is -1.40. The van der Waals surface area contributed by atoms with Crippen molar-refractivity contribution in [1.29, 1.82) is 0 Å². The molecule has 0 radical (unpaired) electrons. The first-order valence-electron chi connectivity index (χ1n) is 7.80. The van der Waals surface area contributed by atoms with Crippen molar-refractivity contribution in [2.24, 2.45) is 0 Å². The molecule has 0 amide bonds. The maximum Gasteiger partial charge on any atom is 0.306 e. The van der Waals surface area contributed by atoms with E-state index in [1.165, 1.54) is 4.94 Å².